The van der Waals surface area contributed by atoms with Crippen LogP contribution in [-0.2, 0) is 4.74 Å². The molecule has 1 saturated heterocycles. The molecule has 2 rings (SSSR count). The Kier molecular flexibility index (Phi) is 4.29. The summed E-state index contributed by atoms with van der Waals surface area (Å²) in [5.41, 5.74) is -0.182. The van der Waals surface area contributed by atoms with Gasteiger partial charge in [-0.05, 0) is 27.7 Å². The SMILES string of the molecule is Cc1ncnc(N2CCN(C(=O)OC(C)(C)C)CC2)c1F. The van der Waals surface area contributed by atoms with Crippen molar-refractivity contribution < 1.29 is 13.9 Å². The third-order valence-electron chi connectivity index (χ3n) is 3.18. The van der Waals surface area contributed by atoms with Crippen LogP contribution in [0.15, 0.2) is 6.33 Å². The van der Waals surface area contributed by atoms with Crippen molar-refractivity contribution in [3.05, 3.63) is 17.8 Å². The molecule has 1 amide bonds. The molecule has 0 radical (unpaired) electrons. The Morgan fingerprint density at radius 2 is 1.86 bits per heavy atom. The second-order valence-corrected chi connectivity index (χ2v) is 6.05. The van der Waals surface area contributed by atoms with Crippen LogP contribution in [-0.4, -0.2) is 52.7 Å². The van der Waals surface area contributed by atoms with Gasteiger partial charge in [0, 0.05) is 26.2 Å². The fourth-order valence-corrected chi connectivity index (χ4v) is 2.09. The molecule has 1 aromatic rings. The Labute approximate surface area is 123 Å². The van der Waals surface area contributed by atoms with Gasteiger partial charge in [-0.1, -0.05) is 0 Å². The summed E-state index contributed by atoms with van der Waals surface area (Å²) in [6, 6.07) is 0. The van der Waals surface area contributed by atoms with Gasteiger partial charge in [0.15, 0.2) is 11.6 Å². The predicted molar refractivity (Wildman–Crippen MR) is 76.7 cm³/mol. The van der Waals surface area contributed by atoms with Gasteiger partial charge < -0.3 is 14.5 Å². The van der Waals surface area contributed by atoms with Gasteiger partial charge in [-0.2, -0.15) is 0 Å². The molecule has 1 aliphatic heterocycles. The summed E-state index contributed by atoms with van der Waals surface area (Å²) < 4.78 is 19.3. The number of aryl methyl sites for hydroxylation is 1. The molecule has 1 fully saturated rings. The second-order valence-electron chi connectivity index (χ2n) is 6.05. The van der Waals surface area contributed by atoms with E-state index in [1.807, 2.05) is 25.7 Å². The quantitative estimate of drug-likeness (QED) is 0.793. The molecule has 1 aromatic heterocycles. The molecule has 6 nitrogen and oxygen atoms in total. The zero-order valence-electron chi connectivity index (χ0n) is 12.9. The highest BCUT2D eigenvalue weighted by Crippen LogP contribution is 2.19. The monoisotopic (exact) mass is 296 g/mol. The number of amides is 1. The normalized spacial score (nSPS) is 16.0. The van der Waals surface area contributed by atoms with Crippen molar-refractivity contribution in [3.63, 3.8) is 0 Å². The Morgan fingerprint density at radius 3 is 2.43 bits per heavy atom. The maximum Gasteiger partial charge on any atom is 0.410 e. The molecule has 0 saturated carbocycles. The van der Waals surface area contributed by atoms with Crippen LogP contribution in [0.1, 0.15) is 26.5 Å². The molecule has 0 spiro atoms. The van der Waals surface area contributed by atoms with Crippen molar-refractivity contribution in [2.45, 2.75) is 33.3 Å². The summed E-state index contributed by atoms with van der Waals surface area (Å²) in [5, 5.41) is 0. The first kappa shape index (κ1) is 15.5. The van der Waals surface area contributed by atoms with E-state index in [9.17, 15) is 9.18 Å². The molecular weight excluding hydrogens is 275 g/mol. The topological polar surface area (TPSA) is 58.6 Å². The Bertz CT molecular complexity index is 522. The van der Waals surface area contributed by atoms with Gasteiger partial charge in [0.2, 0.25) is 0 Å². The van der Waals surface area contributed by atoms with Crippen molar-refractivity contribution in [2.75, 3.05) is 31.1 Å². The van der Waals surface area contributed by atoms with Crippen molar-refractivity contribution in [2.24, 2.45) is 0 Å². The molecule has 0 aliphatic carbocycles. The Morgan fingerprint density at radius 1 is 1.24 bits per heavy atom. The van der Waals surface area contributed by atoms with Crippen LogP contribution in [0.5, 0.6) is 0 Å². The highest BCUT2D eigenvalue weighted by molar-refractivity contribution is 5.68. The fraction of sp³-hybridized carbons (Fsp3) is 0.643. The molecule has 0 atom stereocenters. The van der Waals surface area contributed by atoms with E-state index in [-0.39, 0.29) is 6.09 Å². The van der Waals surface area contributed by atoms with E-state index in [1.54, 1.807) is 11.8 Å². The summed E-state index contributed by atoms with van der Waals surface area (Å²) in [4.78, 5) is 23.2. The highest BCUT2D eigenvalue weighted by Gasteiger charge is 2.27. The Hall–Kier alpha value is -1.92. The lowest BCUT2D eigenvalue weighted by atomic mass is 10.2. The number of piperazine rings is 1. The van der Waals surface area contributed by atoms with E-state index in [4.69, 9.17) is 4.74 Å². The van der Waals surface area contributed by atoms with Crippen LogP contribution in [0.2, 0.25) is 0 Å². The highest BCUT2D eigenvalue weighted by atomic mass is 19.1. The lowest BCUT2D eigenvalue weighted by molar-refractivity contribution is 0.0240. The molecule has 0 bridgehead atoms. The minimum absolute atomic E-state index is 0.298. The molecule has 0 N–H and O–H groups in total. The van der Waals surface area contributed by atoms with E-state index in [0.717, 1.165) is 0 Å². The van der Waals surface area contributed by atoms with E-state index in [1.165, 1.54) is 6.33 Å². The number of ether oxygens (including phenoxy) is 1. The number of nitrogens with zero attached hydrogens (tertiary/aromatic N) is 4. The standard InChI is InChI=1S/C14H21FN4O2/c1-10-11(15)12(17-9-16-10)18-5-7-19(8-6-18)13(20)21-14(2,3)4/h9H,5-8H2,1-4H3. The van der Waals surface area contributed by atoms with Gasteiger partial charge in [-0.15, -0.1) is 0 Å². The van der Waals surface area contributed by atoms with E-state index in [0.29, 0.717) is 37.7 Å². The number of halogens is 1. The molecule has 0 unspecified atom stereocenters. The zero-order valence-corrected chi connectivity index (χ0v) is 12.9. The molecule has 7 heteroatoms. The third kappa shape index (κ3) is 3.80. The first-order valence-corrected chi connectivity index (χ1v) is 6.98. The first-order chi connectivity index (χ1) is 9.78. The van der Waals surface area contributed by atoms with Gasteiger partial charge in [-0.3, -0.25) is 0 Å². The Balaban J connectivity index is 1.97. The average Bonchev–Trinajstić information content (AvgIpc) is 2.40. The van der Waals surface area contributed by atoms with Gasteiger partial charge >= 0.3 is 6.09 Å². The molecule has 0 aromatic carbocycles. The number of carbonyl (C=O) groups excluding carboxylic acids is 1. The molecule has 2 heterocycles. The van der Waals surface area contributed by atoms with Crippen LogP contribution < -0.4 is 4.90 Å². The minimum atomic E-state index is -0.510. The predicted octanol–water partition coefficient (Wildman–Crippen LogP) is 1.98. The van der Waals surface area contributed by atoms with Crippen LogP contribution in [0.3, 0.4) is 0 Å². The first-order valence-electron chi connectivity index (χ1n) is 6.98. The number of aromatic nitrogens is 2. The van der Waals surface area contributed by atoms with Crippen LogP contribution in [0, 0.1) is 12.7 Å². The lowest BCUT2D eigenvalue weighted by Crippen LogP contribution is -2.50. The van der Waals surface area contributed by atoms with Crippen LogP contribution in [0.4, 0.5) is 15.0 Å². The summed E-state index contributed by atoms with van der Waals surface area (Å²) in [5.74, 6) is -0.102. The summed E-state index contributed by atoms with van der Waals surface area (Å²) in [7, 11) is 0. The van der Waals surface area contributed by atoms with Gasteiger partial charge in [-0.25, -0.2) is 19.2 Å². The van der Waals surface area contributed by atoms with Crippen molar-refractivity contribution >= 4 is 11.9 Å². The minimum Gasteiger partial charge on any atom is -0.444 e. The number of anilines is 1. The van der Waals surface area contributed by atoms with Gasteiger partial charge in [0.25, 0.3) is 0 Å². The molecular formula is C14H21FN4O2. The van der Waals surface area contributed by atoms with Crippen molar-refractivity contribution in [3.8, 4) is 0 Å². The maximum absolute atomic E-state index is 14.0. The number of hydrogen-bond donors (Lipinski definition) is 0. The summed E-state index contributed by atoms with van der Waals surface area (Å²) in [6.07, 6.45) is 1.02. The molecule has 21 heavy (non-hydrogen) atoms. The third-order valence-corrected chi connectivity index (χ3v) is 3.18. The lowest BCUT2D eigenvalue weighted by Gasteiger charge is -2.36. The van der Waals surface area contributed by atoms with Crippen LogP contribution >= 0.6 is 0 Å². The number of hydrogen-bond acceptors (Lipinski definition) is 5. The maximum atomic E-state index is 14.0. The second kappa shape index (κ2) is 5.83. The molecule has 116 valence electrons. The fourth-order valence-electron chi connectivity index (χ4n) is 2.09. The van der Waals surface area contributed by atoms with Crippen molar-refractivity contribution in [1.29, 1.82) is 0 Å². The largest absolute Gasteiger partial charge is 0.444 e. The van der Waals surface area contributed by atoms with Crippen LogP contribution in [0.25, 0.3) is 0 Å². The number of carbonyl (C=O) groups is 1. The smallest absolute Gasteiger partial charge is 0.410 e. The van der Waals surface area contributed by atoms with E-state index in [2.05, 4.69) is 9.97 Å². The molecule has 1 aliphatic rings. The summed E-state index contributed by atoms with van der Waals surface area (Å²) in [6.45, 7) is 9.12. The average molecular weight is 296 g/mol. The van der Waals surface area contributed by atoms with Crippen molar-refractivity contribution in [1.82, 2.24) is 14.9 Å². The zero-order chi connectivity index (χ0) is 15.6. The van der Waals surface area contributed by atoms with E-state index >= 15 is 0 Å². The summed E-state index contributed by atoms with van der Waals surface area (Å²) >= 11 is 0. The van der Waals surface area contributed by atoms with E-state index < -0.39 is 11.4 Å². The number of rotatable bonds is 1. The van der Waals surface area contributed by atoms with Gasteiger partial charge in [0.1, 0.15) is 11.9 Å². The van der Waals surface area contributed by atoms with Gasteiger partial charge in [0.05, 0.1) is 5.69 Å².